The summed E-state index contributed by atoms with van der Waals surface area (Å²) < 4.78 is 5.24. The largest absolute Gasteiger partial charge is 0.495 e. The van der Waals surface area contributed by atoms with Gasteiger partial charge in [0.2, 0.25) is 0 Å². The smallest absolute Gasteiger partial charge is 0.279 e. The second kappa shape index (κ2) is 8.36. The van der Waals surface area contributed by atoms with Crippen molar-refractivity contribution in [3.63, 3.8) is 0 Å². The Morgan fingerprint density at radius 1 is 1.00 bits per heavy atom. The van der Waals surface area contributed by atoms with Crippen molar-refractivity contribution in [1.82, 2.24) is 10.9 Å². The molecule has 1 aliphatic rings. The summed E-state index contributed by atoms with van der Waals surface area (Å²) in [5.41, 5.74) is 9.35. The number of carbonyl (C=O) groups excluding carboxylic acids is 2. The molecule has 29 heavy (non-hydrogen) atoms. The van der Waals surface area contributed by atoms with Gasteiger partial charge in [-0.3, -0.25) is 20.4 Å². The molecule has 0 radical (unpaired) electrons. The van der Waals surface area contributed by atoms with Crippen LogP contribution in [0, 0.1) is 0 Å². The van der Waals surface area contributed by atoms with Gasteiger partial charge in [-0.1, -0.05) is 36.4 Å². The van der Waals surface area contributed by atoms with Crippen LogP contribution in [-0.2, 0) is 17.6 Å². The molecule has 0 atom stereocenters. The zero-order chi connectivity index (χ0) is 20.2. The van der Waals surface area contributed by atoms with Crippen LogP contribution in [0.15, 0.2) is 54.6 Å². The first-order valence-corrected chi connectivity index (χ1v) is 10.1. The van der Waals surface area contributed by atoms with E-state index in [0.717, 1.165) is 17.7 Å². The van der Waals surface area contributed by atoms with Gasteiger partial charge in [0.1, 0.15) is 5.75 Å². The van der Waals surface area contributed by atoms with E-state index in [0.29, 0.717) is 16.3 Å². The maximum Gasteiger partial charge on any atom is 0.279 e. The Kier molecular flexibility index (Phi) is 5.48. The predicted molar refractivity (Wildman–Crippen MR) is 114 cm³/mol. The lowest BCUT2D eigenvalue weighted by Crippen LogP contribution is -2.43. The summed E-state index contributed by atoms with van der Waals surface area (Å²) in [5.74, 6) is -0.0165. The van der Waals surface area contributed by atoms with Crippen LogP contribution in [0.2, 0.25) is 0 Å². The number of para-hydroxylation sites is 2. The summed E-state index contributed by atoms with van der Waals surface area (Å²) in [6, 6.07) is 17.5. The quantitative estimate of drug-likeness (QED) is 0.567. The molecule has 3 aromatic rings. The molecule has 0 aliphatic heterocycles. The van der Waals surface area contributed by atoms with Crippen molar-refractivity contribution in [2.24, 2.45) is 0 Å². The summed E-state index contributed by atoms with van der Waals surface area (Å²) in [7, 11) is 1.57. The molecule has 0 fully saturated rings. The first-order valence-electron chi connectivity index (χ1n) is 9.33. The van der Waals surface area contributed by atoms with Crippen LogP contribution in [0.1, 0.15) is 20.8 Å². The number of anilines is 1. The Balaban J connectivity index is 1.35. The molecule has 7 heteroatoms. The number of aryl methyl sites for hydroxylation is 2. The molecule has 0 unspecified atom stereocenters. The van der Waals surface area contributed by atoms with Crippen LogP contribution in [0.25, 0.3) is 10.4 Å². The third-order valence-electron chi connectivity index (χ3n) is 4.82. The number of hydrogen-bond acceptors (Lipinski definition) is 5. The lowest BCUT2D eigenvalue weighted by atomic mass is 9.91. The Bertz CT molecular complexity index is 1060. The number of hydrazine groups is 1. The van der Waals surface area contributed by atoms with Crippen LogP contribution < -0.4 is 20.9 Å². The number of fused-ring (bicyclic) bond motifs is 3. The van der Waals surface area contributed by atoms with Crippen molar-refractivity contribution in [3.8, 4) is 16.2 Å². The third kappa shape index (κ3) is 4.09. The number of carbonyl (C=O) groups is 2. The van der Waals surface area contributed by atoms with E-state index in [4.69, 9.17) is 4.74 Å². The number of rotatable bonds is 5. The van der Waals surface area contributed by atoms with Crippen molar-refractivity contribution in [2.75, 3.05) is 19.0 Å². The fourth-order valence-electron chi connectivity index (χ4n) is 3.38. The van der Waals surface area contributed by atoms with E-state index in [1.807, 2.05) is 36.4 Å². The highest BCUT2D eigenvalue weighted by Gasteiger charge is 2.21. The zero-order valence-corrected chi connectivity index (χ0v) is 16.8. The third-order valence-corrected chi connectivity index (χ3v) is 6.03. The second-order valence-electron chi connectivity index (χ2n) is 6.68. The molecule has 148 valence electrons. The highest BCUT2D eigenvalue weighted by atomic mass is 32.1. The highest BCUT2D eigenvalue weighted by Crippen LogP contribution is 2.39. The van der Waals surface area contributed by atoms with Crippen LogP contribution in [0.3, 0.4) is 0 Å². The normalized spacial score (nSPS) is 11.8. The average molecular weight is 407 g/mol. The van der Waals surface area contributed by atoms with Crippen molar-refractivity contribution in [1.29, 1.82) is 0 Å². The van der Waals surface area contributed by atoms with Gasteiger partial charge in [-0.05, 0) is 47.7 Å². The van der Waals surface area contributed by atoms with Gasteiger partial charge >= 0.3 is 0 Å². The van der Waals surface area contributed by atoms with Gasteiger partial charge in [0, 0.05) is 4.88 Å². The van der Waals surface area contributed by atoms with Gasteiger partial charge in [-0.15, -0.1) is 11.3 Å². The van der Waals surface area contributed by atoms with Crippen molar-refractivity contribution < 1.29 is 14.3 Å². The molecule has 4 rings (SSSR count). The molecule has 2 aromatic carbocycles. The predicted octanol–water partition coefficient (Wildman–Crippen LogP) is 3.40. The number of methoxy groups -OCH3 is 1. The minimum atomic E-state index is -0.351. The van der Waals surface area contributed by atoms with Gasteiger partial charge < -0.3 is 10.1 Å². The van der Waals surface area contributed by atoms with E-state index >= 15 is 0 Å². The second-order valence-corrected chi connectivity index (χ2v) is 7.73. The Hall–Kier alpha value is -3.32. The molecule has 6 nitrogen and oxygen atoms in total. The van der Waals surface area contributed by atoms with Crippen molar-refractivity contribution in [3.05, 3.63) is 70.6 Å². The monoisotopic (exact) mass is 407 g/mol. The molecular weight excluding hydrogens is 386 g/mol. The van der Waals surface area contributed by atoms with Crippen molar-refractivity contribution >= 4 is 28.8 Å². The van der Waals surface area contributed by atoms with Gasteiger partial charge in [-0.2, -0.15) is 0 Å². The van der Waals surface area contributed by atoms with E-state index in [2.05, 4.69) is 28.3 Å². The lowest BCUT2D eigenvalue weighted by molar-refractivity contribution is -0.120. The summed E-state index contributed by atoms with van der Waals surface area (Å²) in [6.45, 7) is 0.00890. The summed E-state index contributed by atoms with van der Waals surface area (Å²) in [6.07, 6.45) is 1.90. The first kappa shape index (κ1) is 19.0. The van der Waals surface area contributed by atoms with Crippen LogP contribution in [0.5, 0.6) is 5.75 Å². The maximum atomic E-state index is 12.5. The molecule has 0 bridgehead atoms. The molecule has 1 aromatic heterocycles. The van der Waals surface area contributed by atoms with Gasteiger partial charge in [0.05, 0.1) is 24.2 Å². The molecule has 0 saturated heterocycles. The Morgan fingerprint density at radius 2 is 1.76 bits per heavy atom. The van der Waals surface area contributed by atoms with E-state index < -0.39 is 0 Å². The molecule has 2 amide bonds. The topological polar surface area (TPSA) is 79.5 Å². The van der Waals surface area contributed by atoms with Crippen LogP contribution in [-0.4, -0.2) is 25.5 Å². The minimum absolute atomic E-state index is 0.00890. The number of hydrogen-bond donors (Lipinski definition) is 3. The van der Waals surface area contributed by atoms with E-state index in [1.54, 1.807) is 13.2 Å². The SMILES string of the molecule is COc1ccccc1NCC(=O)NNC(=O)c1cc2c(s1)-c1ccccc1CC2. The number of amides is 2. The first-order chi connectivity index (χ1) is 14.2. The minimum Gasteiger partial charge on any atom is -0.495 e. The number of nitrogens with one attached hydrogen (secondary N) is 3. The van der Waals surface area contributed by atoms with Gasteiger partial charge in [0.15, 0.2) is 0 Å². The Morgan fingerprint density at radius 3 is 2.62 bits per heavy atom. The summed E-state index contributed by atoms with van der Waals surface area (Å²) >= 11 is 1.46. The molecule has 1 heterocycles. The summed E-state index contributed by atoms with van der Waals surface area (Å²) in [4.78, 5) is 26.3. The number of ether oxygens (including phenoxy) is 1. The van der Waals surface area contributed by atoms with Gasteiger partial charge in [0.25, 0.3) is 11.8 Å². The van der Waals surface area contributed by atoms with Crippen LogP contribution >= 0.6 is 11.3 Å². The number of thiophene rings is 1. The fourth-order valence-corrected chi connectivity index (χ4v) is 4.55. The van der Waals surface area contributed by atoms with Gasteiger partial charge in [-0.25, -0.2) is 0 Å². The Labute approximate surface area is 172 Å². The number of benzene rings is 2. The zero-order valence-electron chi connectivity index (χ0n) is 16.0. The maximum absolute atomic E-state index is 12.5. The molecular formula is C22H21N3O3S. The highest BCUT2D eigenvalue weighted by molar-refractivity contribution is 7.17. The average Bonchev–Trinajstić information content (AvgIpc) is 3.21. The molecule has 0 spiro atoms. The summed E-state index contributed by atoms with van der Waals surface area (Å²) in [5, 5.41) is 2.99. The van der Waals surface area contributed by atoms with E-state index in [9.17, 15) is 9.59 Å². The van der Waals surface area contributed by atoms with E-state index in [1.165, 1.54) is 28.0 Å². The van der Waals surface area contributed by atoms with Crippen molar-refractivity contribution in [2.45, 2.75) is 12.8 Å². The molecule has 1 aliphatic carbocycles. The molecule has 0 saturated carbocycles. The standard InChI is InChI=1S/C22H21N3O3S/c1-28-18-9-5-4-8-17(18)23-13-20(26)24-25-22(27)19-12-15-11-10-14-6-2-3-7-16(14)21(15)29-19/h2-9,12,23H,10-11,13H2,1H3,(H,24,26)(H,25,27). The fraction of sp³-hybridized carbons (Fsp3) is 0.182. The molecule has 3 N–H and O–H groups in total. The lowest BCUT2D eigenvalue weighted by Gasteiger charge is -2.15. The van der Waals surface area contributed by atoms with E-state index in [-0.39, 0.29) is 18.4 Å². The van der Waals surface area contributed by atoms with Crippen LogP contribution in [0.4, 0.5) is 5.69 Å².